The predicted molar refractivity (Wildman–Crippen MR) is 120 cm³/mol. The van der Waals surface area contributed by atoms with Crippen molar-refractivity contribution >= 4 is 50.9 Å². The SMILES string of the molecule is COc1cc(C(=O)c2cc3cc(NC(=O)CI)cc(OC)c3o2)cc(OC)c1OC. The van der Waals surface area contributed by atoms with Gasteiger partial charge in [0.2, 0.25) is 17.4 Å². The normalized spacial score (nSPS) is 10.6. The maximum atomic E-state index is 13.1. The number of halogens is 1. The molecule has 0 saturated carbocycles. The average molecular weight is 525 g/mol. The molecule has 0 aliphatic heterocycles. The number of hydrogen-bond acceptors (Lipinski definition) is 7. The summed E-state index contributed by atoms with van der Waals surface area (Å²) in [4.78, 5) is 24.8. The van der Waals surface area contributed by atoms with Crippen molar-refractivity contribution in [2.45, 2.75) is 0 Å². The molecule has 1 aromatic heterocycles. The minimum atomic E-state index is -0.370. The summed E-state index contributed by atoms with van der Waals surface area (Å²) >= 11 is 1.98. The Labute approximate surface area is 186 Å². The molecule has 0 aliphatic rings. The number of carbonyl (C=O) groups is 2. The molecule has 0 atom stereocenters. The van der Waals surface area contributed by atoms with Gasteiger partial charge in [0, 0.05) is 22.7 Å². The van der Waals surface area contributed by atoms with Crippen molar-refractivity contribution < 1.29 is 33.0 Å². The first-order valence-corrected chi connectivity index (χ1v) is 10.3. The first-order chi connectivity index (χ1) is 14.4. The smallest absolute Gasteiger partial charge is 0.234 e. The van der Waals surface area contributed by atoms with Crippen molar-refractivity contribution in [3.63, 3.8) is 0 Å². The Bertz CT molecular complexity index is 1080. The van der Waals surface area contributed by atoms with Crippen molar-refractivity contribution in [1.29, 1.82) is 0 Å². The zero-order chi connectivity index (χ0) is 21.8. The highest BCUT2D eigenvalue weighted by Gasteiger charge is 2.22. The first kappa shape index (κ1) is 21.8. The molecule has 8 nitrogen and oxygen atoms in total. The molecule has 3 rings (SSSR count). The van der Waals surface area contributed by atoms with Crippen LogP contribution in [0.4, 0.5) is 5.69 Å². The number of benzene rings is 2. The van der Waals surface area contributed by atoms with Crippen LogP contribution in [-0.4, -0.2) is 44.6 Å². The fourth-order valence-electron chi connectivity index (χ4n) is 3.01. The summed E-state index contributed by atoms with van der Waals surface area (Å²) in [6, 6.07) is 8.07. The molecule has 0 unspecified atom stereocenters. The van der Waals surface area contributed by atoms with Crippen LogP contribution < -0.4 is 24.3 Å². The van der Waals surface area contributed by atoms with Crippen LogP contribution in [0.2, 0.25) is 0 Å². The van der Waals surface area contributed by atoms with E-state index in [0.29, 0.717) is 49.6 Å². The number of rotatable bonds is 8. The molecule has 9 heteroatoms. The van der Waals surface area contributed by atoms with Crippen LogP contribution in [0.1, 0.15) is 16.1 Å². The van der Waals surface area contributed by atoms with Gasteiger partial charge in [-0.25, -0.2) is 0 Å². The lowest BCUT2D eigenvalue weighted by Crippen LogP contribution is -2.12. The molecule has 1 N–H and O–H groups in total. The molecule has 0 aliphatic carbocycles. The van der Waals surface area contributed by atoms with Crippen molar-refractivity contribution in [1.82, 2.24) is 0 Å². The predicted octanol–water partition coefficient (Wildman–Crippen LogP) is 4.07. The fourth-order valence-corrected chi connectivity index (χ4v) is 3.20. The fraction of sp³-hybridized carbons (Fsp3) is 0.238. The van der Waals surface area contributed by atoms with E-state index in [1.54, 1.807) is 30.3 Å². The van der Waals surface area contributed by atoms with Crippen LogP contribution in [0, 0.1) is 0 Å². The molecule has 2 aromatic carbocycles. The molecule has 0 saturated heterocycles. The standard InChI is InChI=1S/C21H20INO7/c1-26-15-6-11(7-16(27-2)21(15)29-4)19(25)14-8-12-5-13(23-18(24)10-22)9-17(28-3)20(12)30-14/h5-9H,10H2,1-4H3,(H,23,24). The van der Waals surface area contributed by atoms with Gasteiger partial charge in [0.25, 0.3) is 0 Å². The number of methoxy groups -OCH3 is 4. The maximum absolute atomic E-state index is 13.1. The molecule has 1 heterocycles. The second kappa shape index (κ2) is 9.24. The van der Waals surface area contributed by atoms with E-state index in [0.717, 1.165) is 0 Å². The van der Waals surface area contributed by atoms with E-state index in [1.165, 1.54) is 28.4 Å². The lowest BCUT2D eigenvalue weighted by molar-refractivity contribution is -0.113. The monoisotopic (exact) mass is 525 g/mol. The second-order valence-corrected chi connectivity index (χ2v) is 6.90. The molecule has 158 valence electrons. The number of ether oxygens (including phenoxy) is 4. The van der Waals surface area contributed by atoms with Gasteiger partial charge in [0.15, 0.2) is 28.6 Å². The molecular weight excluding hydrogens is 505 g/mol. The van der Waals surface area contributed by atoms with Crippen molar-refractivity contribution in [2.75, 3.05) is 38.2 Å². The van der Waals surface area contributed by atoms with Gasteiger partial charge < -0.3 is 28.7 Å². The summed E-state index contributed by atoms with van der Waals surface area (Å²) in [6.45, 7) is 0. The van der Waals surface area contributed by atoms with E-state index in [2.05, 4.69) is 5.32 Å². The minimum absolute atomic E-state index is 0.106. The number of alkyl halides is 1. The van der Waals surface area contributed by atoms with Gasteiger partial charge in [-0.15, -0.1) is 0 Å². The number of hydrogen-bond donors (Lipinski definition) is 1. The third kappa shape index (κ3) is 4.16. The quantitative estimate of drug-likeness (QED) is 0.269. The summed E-state index contributed by atoms with van der Waals surface area (Å²) in [7, 11) is 5.93. The Hall–Kier alpha value is -2.95. The molecular formula is C21H20INO7. The lowest BCUT2D eigenvalue weighted by Gasteiger charge is -2.13. The van der Waals surface area contributed by atoms with Crippen LogP contribution in [0.3, 0.4) is 0 Å². The van der Waals surface area contributed by atoms with E-state index in [9.17, 15) is 9.59 Å². The highest BCUT2D eigenvalue weighted by molar-refractivity contribution is 14.1. The van der Waals surface area contributed by atoms with E-state index >= 15 is 0 Å². The number of fused-ring (bicyclic) bond motifs is 1. The number of carbonyl (C=O) groups excluding carboxylic acids is 2. The topological polar surface area (TPSA) is 96.2 Å². The van der Waals surface area contributed by atoms with Crippen LogP contribution in [0.25, 0.3) is 11.0 Å². The van der Waals surface area contributed by atoms with Crippen LogP contribution in [-0.2, 0) is 4.79 Å². The maximum Gasteiger partial charge on any atom is 0.234 e. The van der Waals surface area contributed by atoms with Gasteiger partial charge in [-0.1, -0.05) is 22.6 Å². The highest BCUT2D eigenvalue weighted by Crippen LogP contribution is 2.39. The Morgan fingerprint density at radius 2 is 1.53 bits per heavy atom. The van der Waals surface area contributed by atoms with E-state index in [-0.39, 0.29) is 17.5 Å². The Balaban J connectivity index is 2.06. The highest BCUT2D eigenvalue weighted by atomic mass is 127. The number of nitrogens with one attached hydrogen (secondary N) is 1. The van der Waals surface area contributed by atoms with Crippen molar-refractivity contribution in [3.8, 4) is 23.0 Å². The molecule has 0 radical (unpaired) electrons. The number of ketones is 1. The first-order valence-electron chi connectivity index (χ1n) is 8.77. The van der Waals surface area contributed by atoms with Gasteiger partial charge in [0.1, 0.15) is 0 Å². The third-order valence-corrected chi connectivity index (χ3v) is 5.05. The van der Waals surface area contributed by atoms with E-state index in [4.69, 9.17) is 23.4 Å². The van der Waals surface area contributed by atoms with Gasteiger partial charge in [0.05, 0.1) is 32.9 Å². The number of furan rings is 1. The Morgan fingerprint density at radius 1 is 0.900 bits per heavy atom. The Kier molecular flexibility index (Phi) is 6.70. The summed E-state index contributed by atoms with van der Waals surface area (Å²) in [5.74, 6) is 1.10. The van der Waals surface area contributed by atoms with Gasteiger partial charge in [-0.3, -0.25) is 9.59 Å². The minimum Gasteiger partial charge on any atom is -0.493 e. The van der Waals surface area contributed by atoms with Crippen molar-refractivity contribution in [3.05, 3.63) is 41.7 Å². The number of anilines is 1. The zero-order valence-corrected chi connectivity index (χ0v) is 19.0. The summed E-state index contributed by atoms with van der Waals surface area (Å²) in [5, 5.41) is 3.39. The molecule has 0 bridgehead atoms. The summed E-state index contributed by atoms with van der Waals surface area (Å²) in [5.41, 5.74) is 1.26. The molecule has 0 spiro atoms. The Morgan fingerprint density at radius 3 is 2.07 bits per heavy atom. The number of amides is 1. The molecule has 1 amide bonds. The van der Waals surface area contributed by atoms with Crippen LogP contribution in [0.5, 0.6) is 23.0 Å². The van der Waals surface area contributed by atoms with E-state index in [1.807, 2.05) is 22.6 Å². The molecule has 3 aromatic rings. The second-order valence-electron chi connectivity index (χ2n) is 6.13. The zero-order valence-electron chi connectivity index (χ0n) is 16.8. The van der Waals surface area contributed by atoms with Crippen LogP contribution in [0.15, 0.2) is 34.7 Å². The van der Waals surface area contributed by atoms with Crippen molar-refractivity contribution in [2.24, 2.45) is 0 Å². The van der Waals surface area contributed by atoms with Gasteiger partial charge >= 0.3 is 0 Å². The average Bonchev–Trinajstić information content (AvgIpc) is 3.20. The molecule has 30 heavy (non-hydrogen) atoms. The third-order valence-electron chi connectivity index (χ3n) is 4.36. The summed E-state index contributed by atoms with van der Waals surface area (Å²) in [6.07, 6.45) is 0. The van der Waals surface area contributed by atoms with Gasteiger partial charge in [-0.05, 0) is 24.3 Å². The van der Waals surface area contributed by atoms with Crippen LogP contribution >= 0.6 is 22.6 Å². The molecule has 0 fully saturated rings. The lowest BCUT2D eigenvalue weighted by atomic mass is 10.1. The van der Waals surface area contributed by atoms with Gasteiger partial charge in [-0.2, -0.15) is 0 Å². The summed E-state index contributed by atoms with van der Waals surface area (Å²) < 4.78 is 27.4. The van der Waals surface area contributed by atoms with E-state index < -0.39 is 0 Å². The largest absolute Gasteiger partial charge is 0.493 e.